The van der Waals surface area contributed by atoms with Crippen molar-refractivity contribution in [3.05, 3.63) is 45.7 Å². The van der Waals surface area contributed by atoms with E-state index in [-0.39, 0.29) is 10.7 Å². The van der Waals surface area contributed by atoms with Crippen molar-refractivity contribution in [2.24, 2.45) is 5.92 Å². The Kier molecular flexibility index (Phi) is 6.42. The van der Waals surface area contributed by atoms with Crippen molar-refractivity contribution in [2.45, 2.75) is 41.2 Å². The van der Waals surface area contributed by atoms with Crippen LogP contribution >= 0.6 is 11.6 Å². The number of carbonyl (C=O) groups is 2. The topological polar surface area (TPSA) is 73.2 Å². The van der Waals surface area contributed by atoms with Crippen molar-refractivity contribution in [1.82, 2.24) is 9.78 Å². The Morgan fingerprint density at radius 2 is 1.92 bits per heavy atom. The van der Waals surface area contributed by atoms with Crippen LogP contribution in [-0.4, -0.2) is 28.3 Å². The number of carbonyl (C=O) groups excluding carboxylic acids is 2. The molecule has 2 rings (SSSR count). The molecule has 2 aromatic rings. The largest absolute Gasteiger partial charge is 0.452 e. The average molecular weight is 378 g/mol. The van der Waals surface area contributed by atoms with Crippen LogP contribution in [0.2, 0.25) is 5.15 Å². The highest BCUT2D eigenvalue weighted by atomic mass is 35.5. The van der Waals surface area contributed by atoms with Gasteiger partial charge in [0.05, 0.1) is 5.69 Å². The first-order valence-electron chi connectivity index (χ1n) is 8.46. The van der Waals surface area contributed by atoms with Gasteiger partial charge in [-0.1, -0.05) is 31.5 Å². The van der Waals surface area contributed by atoms with E-state index in [0.717, 1.165) is 11.1 Å². The molecule has 0 unspecified atom stereocenters. The number of hydrogen-bond acceptors (Lipinski definition) is 4. The first-order valence-corrected chi connectivity index (χ1v) is 8.84. The van der Waals surface area contributed by atoms with Crippen molar-refractivity contribution in [3.8, 4) is 0 Å². The Balaban J connectivity index is 1.98. The zero-order valence-corrected chi connectivity index (χ0v) is 16.5. The van der Waals surface area contributed by atoms with E-state index in [2.05, 4.69) is 10.4 Å². The van der Waals surface area contributed by atoms with Gasteiger partial charge in [-0.2, -0.15) is 5.10 Å². The van der Waals surface area contributed by atoms with E-state index in [4.69, 9.17) is 16.3 Å². The number of benzene rings is 1. The molecule has 0 atom stereocenters. The third-order valence-electron chi connectivity index (χ3n) is 3.93. The van der Waals surface area contributed by atoms with E-state index >= 15 is 0 Å². The average Bonchev–Trinajstić information content (AvgIpc) is 2.82. The van der Waals surface area contributed by atoms with Crippen molar-refractivity contribution in [3.63, 3.8) is 0 Å². The van der Waals surface area contributed by atoms with Crippen molar-refractivity contribution >= 4 is 29.2 Å². The molecule has 6 nitrogen and oxygen atoms in total. The van der Waals surface area contributed by atoms with Gasteiger partial charge in [-0.3, -0.25) is 9.48 Å². The highest BCUT2D eigenvalue weighted by molar-refractivity contribution is 6.32. The lowest BCUT2D eigenvalue weighted by molar-refractivity contribution is -0.119. The Morgan fingerprint density at radius 1 is 1.23 bits per heavy atom. The van der Waals surface area contributed by atoms with Crippen LogP contribution in [0.4, 0.5) is 5.69 Å². The van der Waals surface area contributed by atoms with E-state index < -0.39 is 18.5 Å². The van der Waals surface area contributed by atoms with Crippen molar-refractivity contribution in [2.75, 3.05) is 11.9 Å². The molecule has 0 saturated heterocycles. The Labute approximate surface area is 158 Å². The second kappa shape index (κ2) is 8.36. The lowest BCUT2D eigenvalue weighted by Crippen LogP contribution is -2.21. The number of anilines is 1. The molecule has 7 heteroatoms. The number of esters is 1. The number of ether oxygens (including phenoxy) is 1. The number of rotatable bonds is 6. The zero-order chi connectivity index (χ0) is 19.4. The highest BCUT2D eigenvalue weighted by Crippen LogP contribution is 2.22. The fraction of sp³-hybridized carbons (Fsp3) is 0.421. The molecule has 0 aliphatic carbocycles. The van der Waals surface area contributed by atoms with Crippen LogP contribution in [0.1, 0.15) is 41.0 Å². The van der Waals surface area contributed by atoms with Gasteiger partial charge in [-0.15, -0.1) is 0 Å². The summed E-state index contributed by atoms with van der Waals surface area (Å²) >= 11 is 6.24. The zero-order valence-electron chi connectivity index (χ0n) is 15.7. The number of aromatic nitrogens is 2. The molecule has 1 aromatic heterocycles. The van der Waals surface area contributed by atoms with Crippen LogP contribution in [-0.2, 0) is 16.1 Å². The van der Waals surface area contributed by atoms with Crippen molar-refractivity contribution < 1.29 is 14.3 Å². The smallest absolute Gasteiger partial charge is 0.343 e. The van der Waals surface area contributed by atoms with Crippen LogP contribution in [0, 0.1) is 26.7 Å². The van der Waals surface area contributed by atoms with Crippen LogP contribution in [0.25, 0.3) is 0 Å². The minimum atomic E-state index is -0.655. The van der Waals surface area contributed by atoms with Gasteiger partial charge >= 0.3 is 5.97 Å². The van der Waals surface area contributed by atoms with Gasteiger partial charge in [0.2, 0.25) is 0 Å². The maximum Gasteiger partial charge on any atom is 0.343 e. The first-order chi connectivity index (χ1) is 12.2. The number of hydrogen-bond donors (Lipinski definition) is 1. The predicted octanol–water partition coefficient (Wildman–Crippen LogP) is 3.91. The van der Waals surface area contributed by atoms with E-state index in [1.807, 2.05) is 39.8 Å². The first kappa shape index (κ1) is 20.0. The molecule has 1 N–H and O–H groups in total. The van der Waals surface area contributed by atoms with Gasteiger partial charge in [0, 0.05) is 12.2 Å². The maximum atomic E-state index is 12.3. The van der Waals surface area contributed by atoms with Crippen LogP contribution in [0.3, 0.4) is 0 Å². The molecule has 0 bridgehead atoms. The van der Waals surface area contributed by atoms with Crippen LogP contribution < -0.4 is 5.32 Å². The molecule has 0 aliphatic heterocycles. The van der Waals surface area contributed by atoms with Gasteiger partial charge in [0.25, 0.3) is 5.91 Å². The second-order valence-electron chi connectivity index (χ2n) is 6.75. The molecule has 140 valence electrons. The number of nitrogens with one attached hydrogen (secondary N) is 1. The quantitative estimate of drug-likeness (QED) is 0.774. The molecule has 0 radical (unpaired) electrons. The lowest BCUT2D eigenvalue weighted by Gasteiger charge is -2.09. The molecular formula is C19H24ClN3O3. The minimum absolute atomic E-state index is 0.200. The van der Waals surface area contributed by atoms with Gasteiger partial charge in [0.15, 0.2) is 6.61 Å². The number of aryl methyl sites for hydroxylation is 3. The van der Waals surface area contributed by atoms with E-state index in [1.54, 1.807) is 17.7 Å². The fourth-order valence-electron chi connectivity index (χ4n) is 2.47. The molecule has 26 heavy (non-hydrogen) atoms. The lowest BCUT2D eigenvalue weighted by atomic mass is 10.1. The molecule has 0 saturated carbocycles. The normalized spacial score (nSPS) is 10.9. The number of nitrogens with zero attached hydrogens (tertiary/aromatic N) is 2. The van der Waals surface area contributed by atoms with E-state index in [9.17, 15) is 9.59 Å². The predicted molar refractivity (Wildman–Crippen MR) is 102 cm³/mol. The molecule has 1 aromatic carbocycles. The summed E-state index contributed by atoms with van der Waals surface area (Å²) in [6.45, 7) is 9.91. The van der Waals surface area contributed by atoms with Gasteiger partial charge < -0.3 is 10.1 Å². The molecular weight excluding hydrogens is 354 g/mol. The molecule has 0 aliphatic rings. The summed E-state index contributed by atoms with van der Waals surface area (Å²) in [5.74, 6) is -0.734. The fourth-order valence-corrected chi connectivity index (χ4v) is 2.79. The van der Waals surface area contributed by atoms with Crippen LogP contribution in [0.15, 0.2) is 18.2 Å². The summed E-state index contributed by atoms with van der Waals surface area (Å²) in [5.41, 5.74) is 3.55. The molecule has 1 heterocycles. The summed E-state index contributed by atoms with van der Waals surface area (Å²) < 4.78 is 6.68. The monoisotopic (exact) mass is 377 g/mol. The standard InChI is InChI=1S/C19H24ClN3O3/c1-11(2)9-23-18(20)17(14(5)22-23)19(25)26-10-16(24)21-15-7-6-12(3)13(4)8-15/h6-8,11H,9-10H2,1-5H3,(H,21,24). The summed E-state index contributed by atoms with van der Waals surface area (Å²) in [6, 6.07) is 5.59. The number of amides is 1. The molecule has 0 spiro atoms. The number of halogens is 1. The van der Waals surface area contributed by atoms with Gasteiger partial charge in [-0.05, 0) is 49.9 Å². The summed E-state index contributed by atoms with van der Waals surface area (Å²) in [4.78, 5) is 24.3. The van der Waals surface area contributed by atoms with Gasteiger partial charge in [0.1, 0.15) is 10.7 Å². The summed E-state index contributed by atoms with van der Waals surface area (Å²) in [6.07, 6.45) is 0. The summed E-state index contributed by atoms with van der Waals surface area (Å²) in [7, 11) is 0. The summed E-state index contributed by atoms with van der Waals surface area (Å²) in [5, 5.41) is 7.21. The minimum Gasteiger partial charge on any atom is -0.452 e. The van der Waals surface area contributed by atoms with E-state index in [1.165, 1.54) is 0 Å². The maximum absolute atomic E-state index is 12.3. The highest BCUT2D eigenvalue weighted by Gasteiger charge is 2.22. The third kappa shape index (κ3) is 4.85. The Morgan fingerprint density at radius 3 is 2.54 bits per heavy atom. The molecule has 1 amide bonds. The van der Waals surface area contributed by atoms with Crippen molar-refractivity contribution in [1.29, 1.82) is 0 Å². The Hall–Kier alpha value is -2.34. The van der Waals surface area contributed by atoms with Crippen LogP contribution in [0.5, 0.6) is 0 Å². The SMILES string of the molecule is Cc1ccc(NC(=O)COC(=O)c2c(C)nn(CC(C)C)c2Cl)cc1C. The van der Waals surface area contributed by atoms with E-state index in [0.29, 0.717) is 23.8 Å². The Bertz CT molecular complexity index is 828. The van der Waals surface area contributed by atoms with Gasteiger partial charge in [-0.25, -0.2) is 4.79 Å². The second-order valence-corrected chi connectivity index (χ2v) is 7.11. The molecule has 0 fully saturated rings. The third-order valence-corrected chi connectivity index (χ3v) is 4.32.